The number of carbonyl (C=O) groups is 1. The average Bonchev–Trinajstić information content (AvgIpc) is 3.37. The van der Waals surface area contributed by atoms with E-state index in [9.17, 15) is 4.79 Å². The van der Waals surface area contributed by atoms with Crippen LogP contribution in [0.15, 0.2) is 23.6 Å². The monoisotopic (exact) mass is 399 g/mol. The van der Waals surface area contributed by atoms with E-state index in [-0.39, 0.29) is 5.91 Å². The van der Waals surface area contributed by atoms with Crippen LogP contribution in [0.5, 0.6) is 0 Å². The number of rotatable bonds is 6. The smallest absolute Gasteiger partial charge is 0.253 e. The molecule has 4 rings (SSSR count). The maximum absolute atomic E-state index is 12.7. The molecule has 1 aliphatic carbocycles. The third-order valence-electron chi connectivity index (χ3n) is 5.23. The van der Waals surface area contributed by atoms with Gasteiger partial charge in [-0.3, -0.25) is 4.79 Å². The van der Waals surface area contributed by atoms with Gasteiger partial charge < -0.3 is 9.88 Å². The van der Waals surface area contributed by atoms with Crippen LogP contribution >= 0.6 is 22.7 Å². The maximum atomic E-state index is 12.7. The molecule has 0 radical (unpaired) electrons. The Labute approximate surface area is 168 Å². The second-order valence-corrected chi connectivity index (χ2v) is 9.34. The van der Waals surface area contributed by atoms with Gasteiger partial charge in [-0.25, -0.2) is 4.98 Å². The summed E-state index contributed by atoms with van der Waals surface area (Å²) in [6, 6.07) is 6.20. The van der Waals surface area contributed by atoms with E-state index >= 15 is 0 Å². The number of nitrogens with zero attached hydrogens (tertiary/aromatic N) is 2. The second kappa shape index (κ2) is 7.98. The van der Waals surface area contributed by atoms with Crippen molar-refractivity contribution >= 4 is 28.6 Å². The van der Waals surface area contributed by atoms with Crippen LogP contribution in [0, 0.1) is 13.8 Å². The predicted octanol–water partition coefficient (Wildman–Crippen LogP) is 4.52. The second-order valence-electron chi connectivity index (χ2n) is 7.14. The Bertz CT molecular complexity index is 914. The Kier molecular flexibility index (Phi) is 5.45. The average molecular weight is 400 g/mol. The first kappa shape index (κ1) is 18.4. The molecule has 1 amide bonds. The minimum absolute atomic E-state index is 0.0156. The molecule has 0 fully saturated rings. The van der Waals surface area contributed by atoms with Crippen LogP contribution in [0.25, 0.3) is 0 Å². The van der Waals surface area contributed by atoms with Gasteiger partial charge in [-0.05, 0) is 57.0 Å². The van der Waals surface area contributed by atoms with Gasteiger partial charge in [-0.2, -0.15) is 0 Å². The lowest BCUT2D eigenvalue weighted by Crippen LogP contribution is -2.26. The zero-order valence-corrected chi connectivity index (χ0v) is 17.5. The first-order valence-corrected chi connectivity index (χ1v) is 11.3. The molecular weight excluding hydrogens is 374 g/mol. The highest BCUT2D eigenvalue weighted by molar-refractivity contribution is 7.11. The van der Waals surface area contributed by atoms with Gasteiger partial charge in [0.05, 0.1) is 22.8 Å². The van der Waals surface area contributed by atoms with E-state index in [4.69, 9.17) is 4.98 Å². The van der Waals surface area contributed by atoms with Gasteiger partial charge in [0.15, 0.2) is 0 Å². The van der Waals surface area contributed by atoms with Gasteiger partial charge in [-0.1, -0.05) is 6.07 Å². The normalized spacial score (nSPS) is 13.6. The first-order chi connectivity index (χ1) is 13.1. The van der Waals surface area contributed by atoms with Crippen LogP contribution in [-0.2, 0) is 25.8 Å². The molecule has 1 N–H and O–H groups in total. The molecule has 0 spiro atoms. The SMILES string of the molecule is Cc1cc(C(=O)NCCc2nc3c(s2)CCCC3)c(C)n1Cc1cccs1. The van der Waals surface area contributed by atoms with Crippen molar-refractivity contribution in [2.75, 3.05) is 6.54 Å². The summed E-state index contributed by atoms with van der Waals surface area (Å²) in [5, 5.41) is 6.33. The highest BCUT2D eigenvalue weighted by atomic mass is 32.1. The third-order valence-corrected chi connectivity index (χ3v) is 7.31. The van der Waals surface area contributed by atoms with Gasteiger partial charge in [0.25, 0.3) is 5.91 Å². The molecule has 0 unspecified atom stereocenters. The van der Waals surface area contributed by atoms with E-state index in [0.717, 1.165) is 41.3 Å². The minimum atomic E-state index is 0.0156. The number of thiophene rings is 1. The summed E-state index contributed by atoms with van der Waals surface area (Å²) in [4.78, 5) is 20.2. The fraction of sp³-hybridized carbons (Fsp3) is 0.429. The van der Waals surface area contributed by atoms with Gasteiger partial charge >= 0.3 is 0 Å². The molecule has 6 heteroatoms. The maximum Gasteiger partial charge on any atom is 0.253 e. The number of thiazole rings is 1. The molecule has 0 bridgehead atoms. The molecule has 27 heavy (non-hydrogen) atoms. The molecule has 0 aromatic carbocycles. The summed E-state index contributed by atoms with van der Waals surface area (Å²) in [5.74, 6) is 0.0156. The summed E-state index contributed by atoms with van der Waals surface area (Å²) in [6.45, 7) is 5.56. The molecule has 3 heterocycles. The topological polar surface area (TPSA) is 46.9 Å². The Balaban J connectivity index is 1.37. The predicted molar refractivity (Wildman–Crippen MR) is 112 cm³/mol. The van der Waals surface area contributed by atoms with E-state index in [1.807, 2.05) is 24.3 Å². The standard InChI is InChI=1S/C21H25N3OS2/c1-14-12-17(15(2)24(14)13-16-6-5-11-26-16)21(25)22-10-9-20-23-18-7-3-4-8-19(18)27-20/h5-6,11-12H,3-4,7-10,13H2,1-2H3,(H,22,25). The molecule has 3 aromatic heterocycles. The number of nitrogens with one attached hydrogen (secondary N) is 1. The van der Waals surface area contributed by atoms with Crippen molar-refractivity contribution in [1.29, 1.82) is 0 Å². The van der Waals surface area contributed by atoms with E-state index in [1.165, 1.54) is 34.7 Å². The molecule has 0 saturated heterocycles. The van der Waals surface area contributed by atoms with Crippen molar-refractivity contribution < 1.29 is 4.79 Å². The van der Waals surface area contributed by atoms with Crippen molar-refractivity contribution in [3.63, 3.8) is 0 Å². The number of amides is 1. The quantitative estimate of drug-likeness (QED) is 0.662. The van der Waals surface area contributed by atoms with Crippen LogP contribution in [0.4, 0.5) is 0 Å². The van der Waals surface area contributed by atoms with Crippen molar-refractivity contribution in [3.8, 4) is 0 Å². The summed E-state index contributed by atoms with van der Waals surface area (Å²) in [7, 11) is 0. The summed E-state index contributed by atoms with van der Waals surface area (Å²) in [5.41, 5.74) is 4.23. The third kappa shape index (κ3) is 4.01. The Hall–Kier alpha value is -1.92. The largest absolute Gasteiger partial charge is 0.352 e. The summed E-state index contributed by atoms with van der Waals surface area (Å²) < 4.78 is 2.22. The van der Waals surface area contributed by atoms with Crippen LogP contribution < -0.4 is 5.32 Å². The van der Waals surface area contributed by atoms with Crippen LogP contribution in [0.1, 0.15) is 55.0 Å². The Morgan fingerprint density at radius 2 is 2.15 bits per heavy atom. The Morgan fingerprint density at radius 1 is 1.30 bits per heavy atom. The lowest BCUT2D eigenvalue weighted by molar-refractivity contribution is 0.0953. The van der Waals surface area contributed by atoms with E-state index in [2.05, 4.69) is 34.3 Å². The molecule has 0 aliphatic heterocycles. The van der Waals surface area contributed by atoms with E-state index in [1.54, 1.807) is 11.3 Å². The van der Waals surface area contributed by atoms with Crippen molar-refractivity contribution in [2.24, 2.45) is 0 Å². The van der Waals surface area contributed by atoms with Gasteiger partial charge in [0.1, 0.15) is 0 Å². The fourth-order valence-electron chi connectivity index (χ4n) is 3.72. The van der Waals surface area contributed by atoms with Gasteiger partial charge in [-0.15, -0.1) is 22.7 Å². The van der Waals surface area contributed by atoms with Crippen molar-refractivity contribution in [3.05, 3.63) is 61.0 Å². The van der Waals surface area contributed by atoms with E-state index < -0.39 is 0 Å². The molecule has 0 saturated carbocycles. The molecule has 1 aliphatic rings. The number of aromatic nitrogens is 2. The van der Waals surface area contributed by atoms with Crippen molar-refractivity contribution in [2.45, 2.75) is 52.5 Å². The molecule has 3 aromatic rings. The number of hydrogen-bond donors (Lipinski definition) is 1. The molecule has 142 valence electrons. The molecule has 4 nitrogen and oxygen atoms in total. The summed E-state index contributed by atoms with van der Waals surface area (Å²) >= 11 is 3.58. The van der Waals surface area contributed by atoms with Crippen molar-refractivity contribution in [1.82, 2.24) is 14.9 Å². The zero-order chi connectivity index (χ0) is 18.8. The van der Waals surface area contributed by atoms with Gasteiger partial charge in [0.2, 0.25) is 0 Å². The highest BCUT2D eigenvalue weighted by Crippen LogP contribution is 2.26. The van der Waals surface area contributed by atoms with Gasteiger partial charge in [0, 0.05) is 34.1 Å². The fourth-order valence-corrected chi connectivity index (χ4v) is 5.57. The Morgan fingerprint density at radius 3 is 2.93 bits per heavy atom. The molecule has 0 atom stereocenters. The van der Waals surface area contributed by atoms with Crippen LogP contribution in [0.3, 0.4) is 0 Å². The lowest BCUT2D eigenvalue weighted by atomic mass is 10.0. The minimum Gasteiger partial charge on any atom is -0.352 e. The number of aryl methyl sites for hydroxylation is 3. The van der Waals surface area contributed by atoms with Crippen LogP contribution in [0.2, 0.25) is 0 Å². The number of hydrogen-bond acceptors (Lipinski definition) is 4. The van der Waals surface area contributed by atoms with Crippen LogP contribution in [-0.4, -0.2) is 22.0 Å². The van der Waals surface area contributed by atoms with E-state index in [0.29, 0.717) is 6.54 Å². The summed E-state index contributed by atoms with van der Waals surface area (Å²) in [6.07, 6.45) is 5.65. The zero-order valence-electron chi connectivity index (χ0n) is 15.9. The first-order valence-electron chi connectivity index (χ1n) is 9.56. The lowest BCUT2D eigenvalue weighted by Gasteiger charge is -2.08. The highest BCUT2D eigenvalue weighted by Gasteiger charge is 2.17. The number of carbonyl (C=O) groups excluding carboxylic acids is 1. The number of fused-ring (bicyclic) bond motifs is 1. The molecular formula is C21H25N3OS2.